The quantitative estimate of drug-likeness (QED) is 0.136. The molecule has 0 aliphatic rings. The minimum Gasteiger partial charge on any atom is -0.494 e. The molecule has 2 aromatic carbocycles. The Balaban J connectivity index is 1.98. The third kappa shape index (κ3) is 3.60. The number of ether oxygens (including phenoxy) is 1. The standard InChI is InChI=1S/C20H17N7O5/c1-2-32-14-8-6-11(7-9-14)18-22-15(17(21)25-29)16-19(24-18)26(20(28)23-16)12-4-3-5-13(10-12)27(30)31/h3-10,29H,2H2,1H3,(H2,21,25)(H,23,28). The molecule has 4 N–H and O–H groups in total. The average Bonchev–Trinajstić information content (AvgIpc) is 3.14. The lowest BCUT2D eigenvalue weighted by Crippen LogP contribution is -2.17. The van der Waals surface area contributed by atoms with E-state index < -0.39 is 10.6 Å². The summed E-state index contributed by atoms with van der Waals surface area (Å²) in [6.07, 6.45) is 0. The summed E-state index contributed by atoms with van der Waals surface area (Å²) in [7, 11) is 0. The van der Waals surface area contributed by atoms with Gasteiger partial charge in [-0.15, -0.1) is 0 Å². The van der Waals surface area contributed by atoms with Crippen molar-refractivity contribution in [3.8, 4) is 22.8 Å². The highest BCUT2D eigenvalue weighted by Crippen LogP contribution is 2.25. The zero-order valence-electron chi connectivity index (χ0n) is 16.7. The van der Waals surface area contributed by atoms with Gasteiger partial charge in [0, 0.05) is 17.7 Å². The Bertz CT molecular complexity index is 1410. The summed E-state index contributed by atoms with van der Waals surface area (Å²) in [6, 6.07) is 12.5. The van der Waals surface area contributed by atoms with E-state index in [4.69, 9.17) is 10.5 Å². The average molecular weight is 435 g/mol. The van der Waals surface area contributed by atoms with Crippen LogP contribution < -0.4 is 16.2 Å². The van der Waals surface area contributed by atoms with Gasteiger partial charge in [-0.2, -0.15) is 0 Å². The number of rotatable bonds is 6. The molecule has 4 rings (SSSR count). The van der Waals surface area contributed by atoms with Crippen LogP contribution in [0, 0.1) is 10.1 Å². The van der Waals surface area contributed by atoms with E-state index in [1.54, 1.807) is 24.3 Å². The summed E-state index contributed by atoms with van der Waals surface area (Å²) in [5.41, 5.74) is 6.02. The van der Waals surface area contributed by atoms with Crippen LogP contribution in [0.3, 0.4) is 0 Å². The van der Waals surface area contributed by atoms with E-state index >= 15 is 0 Å². The number of nitro groups is 1. The molecule has 0 bridgehead atoms. The van der Waals surface area contributed by atoms with Crippen LogP contribution in [0.4, 0.5) is 5.69 Å². The lowest BCUT2D eigenvalue weighted by atomic mass is 10.2. The highest BCUT2D eigenvalue weighted by Gasteiger charge is 2.20. The van der Waals surface area contributed by atoms with Crippen molar-refractivity contribution >= 4 is 22.7 Å². The van der Waals surface area contributed by atoms with Gasteiger partial charge in [0.15, 0.2) is 17.3 Å². The van der Waals surface area contributed by atoms with E-state index in [0.717, 1.165) is 4.57 Å². The minimum absolute atomic E-state index is 0.00247. The first kappa shape index (κ1) is 20.5. The number of hydrogen-bond acceptors (Lipinski definition) is 8. The molecule has 0 fully saturated rings. The SMILES string of the molecule is CCOc1ccc(-c2nc(C(N)=NO)c3[nH]c(=O)n(-c4cccc([N+](=O)[O-])c4)c3n2)cc1. The van der Waals surface area contributed by atoms with Gasteiger partial charge >= 0.3 is 5.69 Å². The predicted octanol–water partition coefficient (Wildman–Crippen LogP) is 2.18. The summed E-state index contributed by atoms with van der Waals surface area (Å²) < 4.78 is 6.60. The van der Waals surface area contributed by atoms with Gasteiger partial charge in [0.2, 0.25) is 0 Å². The maximum absolute atomic E-state index is 12.8. The van der Waals surface area contributed by atoms with E-state index in [-0.39, 0.29) is 39.9 Å². The van der Waals surface area contributed by atoms with Crippen molar-refractivity contribution in [1.29, 1.82) is 0 Å². The fourth-order valence-corrected chi connectivity index (χ4v) is 3.20. The maximum atomic E-state index is 12.8. The molecule has 2 aromatic heterocycles. The van der Waals surface area contributed by atoms with E-state index in [2.05, 4.69) is 20.1 Å². The van der Waals surface area contributed by atoms with Crippen molar-refractivity contribution in [3.63, 3.8) is 0 Å². The van der Waals surface area contributed by atoms with Gasteiger partial charge in [0.05, 0.1) is 17.2 Å². The van der Waals surface area contributed by atoms with Gasteiger partial charge in [-0.3, -0.25) is 10.1 Å². The number of oxime groups is 1. The second-order valence-corrected chi connectivity index (χ2v) is 6.58. The van der Waals surface area contributed by atoms with E-state index in [1.807, 2.05) is 6.92 Å². The molecular weight excluding hydrogens is 418 g/mol. The first-order chi connectivity index (χ1) is 15.4. The van der Waals surface area contributed by atoms with E-state index in [1.165, 1.54) is 24.3 Å². The van der Waals surface area contributed by atoms with Crippen molar-refractivity contribution in [2.75, 3.05) is 6.61 Å². The Labute approximate surface area is 179 Å². The Morgan fingerprint density at radius 2 is 2.03 bits per heavy atom. The Morgan fingerprint density at radius 3 is 2.69 bits per heavy atom. The molecule has 0 amide bonds. The number of nitrogens with zero attached hydrogens (tertiary/aromatic N) is 5. The van der Waals surface area contributed by atoms with Crippen molar-refractivity contribution < 1.29 is 14.9 Å². The van der Waals surface area contributed by atoms with Crippen LogP contribution >= 0.6 is 0 Å². The number of amidine groups is 1. The van der Waals surface area contributed by atoms with Gasteiger partial charge in [0.1, 0.15) is 17.0 Å². The van der Waals surface area contributed by atoms with Crippen molar-refractivity contribution in [2.45, 2.75) is 6.92 Å². The summed E-state index contributed by atoms with van der Waals surface area (Å²) >= 11 is 0. The van der Waals surface area contributed by atoms with Crippen LogP contribution in [0.5, 0.6) is 5.75 Å². The topological polar surface area (TPSA) is 175 Å². The largest absolute Gasteiger partial charge is 0.494 e. The van der Waals surface area contributed by atoms with Crippen LogP contribution in [0.15, 0.2) is 58.5 Å². The smallest absolute Gasteiger partial charge is 0.332 e. The van der Waals surface area contributed by atoms with Gasteiger partial charge in [0.25, 0.3) is 5.69 Å². The molecule has 0 aliphatic carbocycles. The second kappa shape index (κ2) is 8.18. The van der Waals surface area contributed by atoms with Crippen LogP contribution in [-0.4, -0.2) is 42.1 Å². The first-order valence-electron chi connectivity index (χ1n) is 9.41. The number of nitrogens with one attached hydrogen (secondary N) is 1. The molecule has 0 aliphatic heterocycles. The molecule has 162 valence electrons. The van der Waals surface area contributed by atoms with Gasteiger partial charge in [-0.05, 0) is 37.3 Å². The number of non-ortho nitro benzene ring substituents is 1. The normalized spacial score (nSPS) is 11.6. The molecular formula is C20H17N7O5. The number of nitro benzene ring substituents is 1. The molecule has 32 heavy (non-hydrogen) atoms. The number of aromatic nitrogens is 4. The lowest BCUT2D eigenvalue weighted by Gasteiger charge is -2.08. The van der Waals surface area contributed by atoms with Gasteiger partial charge in [-0.25, -0.2) is 19.3 Å². The molecule has 0 saturated heterocycles. The highest BCUT2D eigenvalue weighted by molar-refractivity contribution is 6.05. The lowest BCUT2D eigenvalue weighted by molar-refractivity contribution is -0.384. The minimum atomic E-state index is -0.620. The molecule has 2 heterocycles. The van der Waals surface area contributed by atoms with Crippen molar-refractivity contribution in [3.05, 3.63) is 74.8 Å². The van der Waals surface area contributed by atoms with Crippen molar-refractivity contribution in [2.24, 2.45) is 10.9 Å². The first-order valence-corrected chi connectivity index (χ1v) is 9.41. The number of aromatic amines is 1. The van der Waals surface area contributed by atoms with E-state index in [9.17, 15) is 20.1 Å². The third-order valence-corrected chi connectivity index (χ3v) is 4.61. The number of benzene rings is 2. The summed E-state index contributed by atoms with van der Waals surface area (Å²) in [5.74, 6) is 0.515. The molecule has 0 atom stereocenters. The number of imidazole rings is 1. The van der Waals surface area contributed by atoms with Crippen molar-refractivity contribution in [1.82, 2.24) is 19.5 Å². The number of H-pyrrole nitrogens is 1. The van der Waals surface area contributed by atoms with Crippen LogP contribution in [0.1, 0.15) is 12.6 Å². The second-order valence-electron chi connectivity index (χ2n) is 6.58. The summed E-state index contributed by atoms with van der Waals surface area (Å²) in [6.45, 7) is 2.38. The van der Waals surface area contributed by atoms with Crippen LogP contribution in [0.25, 0.3) is 28.2 Å². The number of fused-ring (bicyclic) bond motifs is 1. The molecule has 12 nitrogen and oxygen atoms in total. The van der Waals surface area contributed by atoms with E-state index in [0.29, 0.717) is 17.9 Å². The zero-order valence-corrected chi connectivity index (χ0v) is 16.7. The summed E-state index contributed by atoms with van der Waals surface area (Å²) in [5, 5.41) is 23.4. The Kier molecular flexibility index (Phi) is 5.25. The van der Waals surface area contributed by atoms with Gasteiger partial charge in [-0.1, -0.05) is 11.2 Å². The number of hydrogen-bond donors (Lipinski definition) is 3. The maximum Gasteiger partial charge on any atom is 0.332 e. The molecule has 4 aromatic rings. The predicted molar refractivity (Wildman–Crippen MR) is 115 cm³/mol. The zero-order chi connectivity index (χ0) is 22.8. The molecule has 0 spiro atoms. The number of nitrogens with two attached hydrogens (primary N) is 1. The Hall–Kier alpha value is -4.74. The Morgan fingerprint density at radius 1 is 1.28 bits per heavy atom. The fourth-order valence-electron chi connectivity index (χ4n) is 3.20. The monoisotopic (exact) mass is 435 g/mol. The highest BCUT2D eigenvalue weighted by atomic mass is 16.6. The molecule has 0 radical (unpaired) electrons. The molecule has 12 heteroatoms. The summed E-state index contributed by atoms with van der Waals surface area (Å²) in [4.78, 5) is 34.8. The fraction of sp³-hybridized carbons (Fsp3) is 0.100. The van der Waals surface area contributed by atoms with Crippen LogP contribution in [-0.2, 0) is 0 Å². The molecule has 0 saturated carbocycles. The third-order valence-electron chi connectivity index (χ3n) is 4.61. The van der Waals surface area contributed by atoms with Gasteiger partial charge < -0.3 is 20.7 Å². The molecule has 0 unspecified atom stereocenters. The van der Waals surface area contributed by atoms with Crippen LogP contribution in [0.2, 0.25) is 0 Å².